The van der Waals surface area contributed by atoms with Gasteiger partial charge in [-0.3, -0.25) is 0 Å². The number of ether oxygens (including phenoxy) is 2. The van der Waals surface area contributed by atoms with E-state index in [1.54, 1.807) is 0 Å². The molecule has 2 nitrogen and oxygen atoms in total. The maximum absolute atomic E-state index is 6.30. The van der Waals surface area contributed by atoms with Gasteiger partial charge in [0.25, 0.3) is 0 Å². The van der Waals surface area contributed by atoms with Crippen molar-refractivity contribution < 1.29 is 9.47 Å². The third-order valence-electron chi connectivity index (χ3n) is 7.67. The molecule has 0 fully saturated rings. The summed E-state index contributed by atoms with van der Waals surface area (Å²) in [7, 11) is 0. The van der Waals surface area contributed by atoms with Crippen LogP contribution in [0.5, 0.6) is 0 Å². The maximum atomic E-state index is 6.30. The van der Waals surface area contributed by atoms with E-state index in [0.29, 0.717) is 26.4 Å². The van der Waals surface area contributed by atoms with Crippen LogP contribution in [0.15, 0.2) is 144 Å². The number of hydrogen-bond acceptors (Lipinski definition) is 2. The SMILES string of the molecule is c1ccc(/C2=C(\c3ccccc3)C3=C(COC3)/C(c3ccccc3)=C(/c3ccccc3)C3=C2COC3)cc1. The normalized spacial score (nSPS) is 21.3. The average Bonchev–Trinajstić information content (AvgIpc) is 3.65. The van der Waals surface area contributed by atoms with Crippen LogP contribution in [0, 0.1) is 0 Å². The van der Waals surface area contributed by atoms with Gasteiger partial charge in [0.1, 0.15) is 0 Å². The highest BCUT2D eigenvalue weighted by atomic mass is 16.5. The molecule has 2 aliphatic heterocycles. The van der Waals surface area contributed by atoms with Gasteiger partial charge in [0.05, 0.1) is 26.4 Å². The Morgan fingerprint density at radius 1 is 0.289 bits per heavy atom. The highest BCUT2D eigenvalue weighted by Gasteiger charge is 2.35. The Morgan fingerprint density at radius 3 is 0.711 bits per heavy atom. The molecule has 0 atom stereocenters. The fourth-order valence-electron chi connectivity index (χ4n) is 6.05. The van der Waals surface area contributed by atoms with Gasteiger partial charge in [-0.25, -0.2) is 0 Å². The van der Waals surface area contributed by atoms with Gasteiger partial charge in [-0.2, -0.15) is 0 Å². The Kier molecular flexibility index (Phi) is 5.97. The zero-order chi connectivity index (χ0) is 25.3. The Balaban J connectivity index is 1.66. The molecule has 3 aliphatic rings. The first kappa shape index (κ1) is 22.9. The summed E-state index contributed by atoms with van der Waals surface area (Å²) in [5.41, 5.74) is 14.9. The van der Waals surface area contributed by atoms with Crippen molar-refractivity contribution in [1.82, 2.24) is 0 Å². The molecule has 7 rings (SSSR count). The number of hydrogen-bond donors (Lipinski definition) is 0. The third-order valence-corrected chi connectivity index (χ3v) is 7.67. The van der Waals surface area contributed by atoms with E-state index < -0.39 is 0 Å². The molecule has 0 aromatic heterocycles. The lowest BCUT2D eigenvalue weighted by atomic mass is 9.75. The van der Waals surface area contributed by atoms with Crippen LogP contribution >= 0.6 is 0 Å². The molecule has 2 heterocycles. The Labute approximate surface area is 223 Å². The highest BCUT2D eigenvalue weighted by Crippen LogP contribution is 2.51. The minimum Gasteiger partial charge on any atom is -0.372 e. The molecule has 2 heteroatoms. The molecule has 0 unspecified atom stereocenters. The van der Waals surface area contributed by atoms with Crippen molar-refractivity contribution in [1.29, 1.82) is 0 Å². The molecule has 0 amide bonds. The van der Waals surface area contributed by atoms with Crippen molar-refractivity contribution in [2.75, 3.05) is 26.4 Å². The fraction of sp³-hybridized carbons (Fsp3) is 0.111. The second-order valence-electron chi connectivity index (χ2n) is 9.86. The average molecular weight is 493 g/mol. The molecule has 0 radical (unpaired) electrons. The van der Waals surface area contributed by atoms with Crippen molar-refractivity contribution in [3.8, 4) is 0 Å². The molecular weight excluding hydrogens is 464 g/mol. The smallest absolute Gasteiger partial charge is 0.0731 e. The standard InChI is InChI=1S/C36H28O2/c1-5-13-25(14-6-1)33-29-21-37-22-30(29)35(27-17-9-3-10-18-27)36(28-19-11-4-12-20-28)32-24-38-23-31(32)34(33)26-15-7-2-8-16-26/h1-20H,21-24H2/b33-29?,34-31?,34-33-,35-30?,36-32?,36-35-. The van der Waals surface area contributed by atoms with Gasteiger partial charge >= 0.3 is 0 Å². The summed E-state index contributed by atoms with van der Waals surface area (Å²) in [6, 6.07) is 43.2. The van der Waals surface area contributed by atoms with Gasteiger partial charge in [-0.05, 0) is 66.8 Å². The summed E-state index contributed by atoms with van der Waals surface area (Å²) in [6.07, 6.45) is 0. The van der Waals surface area contributed by atoms with Gasteiger partial charge in [-0.15, -0.1) is 0 Å². The van der Waals surface area contributed by atoms with Crippen LogP contribution < -0.4 is 0 Å². The molecule has 0 saturated heterocycles. The van der Waals surface area contributed by atoms with Crippen LogP contribution in [-0.2, 0) is 9.47 Å². The lowest BCUT2D eigenvalue weighted by molar-refractivity contribution is 0.206. The van der Waals surface area contributed by atoms with Gasteiger partial charge < -0.3 is 9.47 Å². The van der Waals surface area contributed by atoms with E-state index in [9.17, 15) is 0 Å². The Hall–Kier alpha value is -4.24. The summed E-state index contributed by atoms with van der Waals surface area (Å²) < 4.78 is 12.6. The molecule has 38 heavy (non-hydrogen) atoms. The molecule has 0 saturated carbocycles. The molecule has 0 spiro atoms. The summed E-state index contributed by atoms with van der Waals surface area (Å²) in [4.78, 5) is 0. The molecule has 184 valence electrons. The van der Waals surface area contributed by atoms with E-state index in [0.717, 1.165) is 0 Å². The first-order valence-electron chi connectivity index (χ1n) is 13.2. The fourth-order valence-corrected chi connectivity index (χ4v) is 6.05. The zero-order valence-corrected chi connectivity index (χ0v) is 21.2. The van der Waals surface area contributed by atoms with Gasteiger partial charge in [0.2, 0.25) is 0 Å². The lowest BCUT2D eigenvalue weighted by Gasteiger charge is -2.26. The second-order valence-corrected chi connectivity index (χ2v) is 9.86. The van der Waals surface area contributed by atoms with Gasteiger partial charge in [0, 0.05) is 0 Å². The summed E-state index contributed by atoms with van der Waals surface area (Å²) in [5, 5.41) is 0. The van der Waals surface area contributed by atoms with Crippen molar-refractivity contribution in [3.63, 3.8) is 0 Å². The highest BCUT2D eigenvalue weighted by molar-refractivity contribution is 6.14. The Morgan fingerprint density at radius 2 is 0.500 bits per heavy atom. The molecule has 4 aromatic carbocycles. The largest absolute Gasteiger partial charge is 0.372 e. The van der Waals surface area contributed by atoms with Crippen molar-refractivity contribution in [3.05, 3.63) is 166 Å². The summed E-state index contributed by atoms with van der Waals surface area (Å²) >= 11 is 0. The van der Waals surface area contributed by atoms with Crippen LogP contribution in [0.4, 0.5) is 0 Å². The van der Waals surface area contributed by atoms with E-state index in [-0.39, 0.29) is 0 Å². The predicted octanol–water partition coefficient (Wildman–Crippen LogP) is 7.88. The van der Waals surface area contributed by atoms with E-state index in [2.05, 4.69) is 121 Å². The van der Waals surface area contributed by atoms with Gasteiger partial charge in [-0.1, -0.05) is 121 Å². The molecule has 4 aromatic rings. The monoisotopic (exact) mass is 492 g/mol. The predicted molar refractivity (Wildman–Crippen MR) is 155 cm³/mol. The lowest BCUT2D eigenvalue weighted by Crippen LogP contribution is -2.09. The van der Waals surface area contributed by atoms with E-state index in [1.807, 2.05) is 0 Å². The molecule has 0 bridgehead atoms. The first-order chi connectivity index (χ1) is 18.9. The zero-order valence-electron chi connectivity index (χ0n) is 21.2. The maximum Gasteiger partial charge on any atom is 0.0731 e. The quantitative estimate of drug-likeness (QED) is 0.289. The summed E-state index contributed by atoms with van der Waals surface area (Å²) in [5.74, 6) is 0. The van der Waals surface area contributed by atoms with E-state index >= 15 is 0 Å². The Bertz CT molecular complexity index is 1360. The summed E-state index contributed by atoms with van der Waals surface area (Å²) in [6.45, 7) is 2.32. The van der Waals surface area contributed by atoms with Crippen molar-refractivity contribution in [2.45, 2.75) is 0 Å². The van der Waals surface area contributed by atoms with Crippen LogP contribution in [0.25, 0.3) is 22.3 Å². The van der Waals surface area contributed by atoms with Crippen LogP contribution in [0.3, 0.4) is 0 Å². The molecular formula is C36H28O2. The number of benzene rings is 4. The minimum absolute atomic E-state index is 0.581. The van der Waals surface area contributed by atoms with Crippen LogP contribution in [0.1, 0.15) is 22.3 Å². The van der Waals surface area contributed by atoms with E-state index in [1.165, 1.54) is 66.8 Å². The van der Waals surface area contributed by atoms with Crippen molar-refractivity contribution >= 4 is 22.3 Å². The van der Waals surface area contributed by atoms with Crippen molar-refractivity contribution in [2.24, 2.45) is 0 Å². The van der Waals surface area contributed by atoms with Crippen LogP contribution in [-0.4, -0.2) is 26.4 Å². The third kappa shape index (κ3) is 3.90. The first-order valence-corrected chi connectivity index (χ1v) is 13.2. The molecule has 1 aliphatic carbocycles. The van der Waals surface area contributed by atoms with E-state index in [4.69, 9.17) is 9.47 Å². The second kappa shape index (κ2) is 9.90. The minimum atomic E-state index is 0.581. The van der Waals surface area contributed by atoms with Crippen LogP contribution in [0.2, 0.25) is 0 Å². The van der Waals surface area contributed by atoms with Gasteiger partial charge in [0.15, 0.2) is 0 Å². The molecule has 0 N–H and O–H groups in total. The topological polar surface area (TPSA) is 18.5 Å². The number of rotatable bonds is 4.